The van der Waals surface area contributed by atoms with Crippen molar-refractivity contribution in [2.24, 2.45) is 5.73 Å². The maximum absolute atomic E-state index is 13.1. The maximum Gasteiger partial charge on any atom is 0.123 e. The molecule has 0 saturated carbocycles. The summed E-state index contributed by atoms with van der Waals surface area (Å²) in [6.45, 7) is 3.92. The number of nitrogens with two attached hydrogens (primary N) is 1. The molecular formula is C16H18FN. The lowest BCUT2D eigenvalue weighted by molar-refractivity contribution is 0.489. The molecule has 1 nitrogen and oxygen atoms in total. The third-order valence-electron chi connectivity index (χ3n) is 3.30. The maximum atomic E-state index is 13.1. The van der Waals surface area contributed by atoms with Gasteiger partial charge in [0.2, 0.25) is 0 Å². The summed E-state index contributed by atoms with van der Waals surface area (Å²) in [6.07, 6.45) is 0.698. The summed E-state index contributed by atoms with van der Waals surface area (Å²) >= 11 is 0. The van der Waals surface area contributed by atoms with Gasteiger partial charge < -0.3 is 5.73 Å². The molecule has 18 heavy (non-hydrogen) atoms. The number of hydrogen-bond acceptors (Lipinski definition) is 1. The lowest BCUT2D eigenvalue weighted by atomic mass is 9.85. The normalized spacial score (nSPS) is 14.2. The standard InChI is InChI=1S/C16H18FN/c1-12-10-15(17)9-8-13(12)11-16(2,18)14-6-4-3-5-7-14/h3-10H,11,18H2,1-2H3. The van der Waals surface area contributed by atoms with E-state index in [0.717, 1.165) is 16.7 Å². The van der Waals surface area contributed by atoms with Crippen LogP contribution >= 0.6 is 0 Å². The van der Waals surface area contributed by atoms with E-state index >= 15 is 0 Å². The van der Waals surface area contributed by atoms with E-state index in [1.54, 1.807) is 6.07 Å². The molecule has 1 atom stereocenters. The average Bonchev–Trinajstić information content (AvgIpc) is 2.34. The fourth-order valence-electron chi connectivity index (χ4n) is 2.17. The van der Waals surface area contributed by atoms with Gasteiger partial charge >= 0.3 is 0 Å². The zero-order valence-corrected chi connectivity index (χ0v) is 10.8. The molecule has 2 rings (SSSR count). The minimum Gasteiger partial charge on any atom is -0.321 e. The molecule has 1 unspecified atom stereocenters. The van der Waals surface area contributed by atoms with Crippen molar-refractivity contribution >= 4 is 0 Å². The Balaban J connectivity index is 2.28. The van der Waals surface area contributed by atoms with E-state index in [9.17, 15) is 4.39 Å². The molecule has 2 N–H and O–H groups in total. The van der Waals surface area contributed by atoms with Crippen molar-refractivity contribution in [2.45, 2.75) is 25.8 Å². The van der Waals surface area contributed by atoms with Crippen LogP contribution in [0.3, 0.4) is 0 Å². The Labute approximate surface area is 107 Å². The van der Waals surface area contributed by atoms with Crippen LogP contribution in [0, 0.1) is 12.7 Å². The summed E-state index contributed by atoms with van der Waals surface area (Å²) in [4.78, 5) is 0. The van der Waals surface area contributed by atoms with Crippen LogP contribution in [0.25, 0.3) is 0 Å². The summed E-state index contributed by atoms with van der Waals surface area (Å²) in [6, 6.07) is 14.9. The molecule has 0 radical (unpaired) electrons. The van der Waals surface area contributed by atoms with Crippen LogP contribution < -0.4 is 5.73 Å². The predicted molar refractivity (Wildman–Crippen MR) is 72.8 cm³/mol. The van der Waals surface area contributed by atoms with Gasteiger partial charge in [0.05, 0.1) is 0 Å². The van der Waals surface area contributed by atoms with Crippen molar-refractivity contribution in [3.63, 3.8) is 0 Å². The second-order valence-corrected chi connectivity index (χ2v) is 5.03. The van der Waals surface area contributed by atoms with E-state index in [2.05, 4.69) is 0 Å². The number of hydrogen-bond donors (Lipinski definition) is 1. The van der Waals surface area contributed by atoms with Gasteiger partial charge in [-0.1, -0.05) is 36.4 Å². The average molecular weight is 243 g/mol. The fraction of sp³-hybridized carbons (Fsp3) is 0.250. The van der Waals surface area contributed by atoms with Crippen LogP contribution in [0.4, 0.5) is 4.39 Å². The molecule has 0 aliphatic carbocycles. The topological polar surface area (TPSA) is 26.0 Å². The van der Waals surface area contributed by atoms with Gasteiger partial charge in [0.15, 0.2) is 0 Å². The van der Waals surface area contributed by atoms with E-state index in [0.29, 0.717) is 6.42 Å². The monoisotopic (exact) mass is 243 g/mol. The van der Waals surface area contributed by atoms with E-state index in [1.165, 1.54) is 6.07 Å². The summed E-state index contributed by atoms with van der Waals surface area (Å²) in [7, 11) is 0. The molecule has 0 aromatic heterocycles. The predicted octanol–water partition coefficient (Wildman–Crippen LogP) is 3.55. The molecule has 0 aliphatic rings. The van der Waals surface area contributed by atoms with Gasteiger partial charge in [0.1, 0.15) is 5.82 Å². The lowest BCUT2D eigenvalue weighted by Gasteiger charge is -2.26. The largest absolute Gasteiger partial charge is 0.321 e. The number of aryl methyl sites for hydroxylation is 1. The molecule has 0 fully saturated rings. The number of rotatable bonds is 3. The molecule has 0 spiro atoms. The highest BCUT2D eigenvalue weighted by atomic mass is 19.1. The highest BCUT2D eigenvalue weighted by molar-refractivity contribution is 5.32. The molecule has 0 heterocycles. The molecule has 0 bridgehead atoms. The summed E-state index contributed by atoms with van der Waals surface area (Å²) < 4.78 is 13.1. The van der Waals surface area contributed by atoms with Gasteiger partial charge in [-0.05, 0) is 49.1 Å². The van der Waals surface area contributed by atoms with Crippen LogP contribution in [0.2, 0.25) is 0 Å². The van der Waals surface area contributed by atoms with E-state index in [4.69, 9.17) is 5.73 Å². The van der Waals surface area contributed by atoms with Gasteiger partial charge in [0.25, 0.3) is 0 Å². The van der Waals surface area contributed by atoms with Crippen LogP contribution in [0.1, 0.15) is 23.6 Å². The van der Waals surface area contributed by atoms with E-state index in [-0.39, 0.29) is 5.82 Å². The van der Waals surface area contributed by atoms with Crippen LogP contribution in [-0.4, -0.2) is 0 Å². The smallest absolute Gasteiger partial charge is 0.123 e. The van der Waals surface area contributed by atoms with Gasteiger partial charge in [-0.3, -0.25) is 0 Å². The fourth-order valence-corrected chi connectivity index (χ4v) is 2.17. The number of halogens is 1. The Hall–Kier alpha value is -1.67. The van der Waals surface area contributed by atoms with Crippen molar-refractivity contribution < 1.29 is 4.39 Å². The van der Waals surface area contributed by atoms with Crippen molar-refractivity contribution in [3.8, 4) is 0 Å². The van der Waals surface area contributed by atoms with Gasteiger partial charge in [-0.25, -0.2) is 4.39 Å². The van der Waals surface area contributed by atoms with Gasteiger partial charge in [-0.2, -0.15) is 0 Å². The Morgan fingerprint density at radius 3 is 2.39 bits per heavy atom. The third-order valence-corrected chi connectivity index (χ3v) is 3.30. The summed E-state index contributed by atoms with van der Waals surface area (Å²) in [5.74, 6) is -0.199. The Bertz CT molecular complexity index is 532. The minimum atomic E-state index is -0.441. The Morgan fingerprint density at radius 1 is 1.11 bits per heavy atom. The van der Waals surface area contributed by atoms with Crippen molar-refractivity contribution in [3.05, 3.63) is 71.0 Å². The quantitative estimate of drug-likeness (QED) is 0.876. The molecule has 2 heteroatoms. The van der Waals surface area contributed by atoms with E-state index in [1.807, 2.05) is 50.2 Å². The van der Waals surface area contributed by atoms with Crippen molar-refractivity contribution in [1.29, 1.82) is 0 Å². The summed E-state index contributed by atoms with van der Waals surface area (Å²) in [5, 5.41) is 0. The lowest BCUT2D eigenvalue weighted by Crippen LogP contribution is -2.35. The summed E-state index contributed by atoms with van der Waals surface area (Å²) in [5.41, 5.74) is 9.07. The zero-order valence-electron chi connectivity index (χ0n) is 10.8. The minimum absolute atomic E-state index is 0.199. The van der Waals surface area contributed by atoms with Gasteiger partial charge in [0, 0.05) is 5.54 Å². The van der Waals surface area contributed by atoms with Gasteiger partial charge in [-0.15, -0.1) is 0 Å². The molecule has 0 saturated heterocycles. The first kappa shape index (κ1) is 12.8. The molecule has 0 aliphatic heterocycles. The van der Waals surface area contributed by atoms with Crippen LogP contribution in [0.15, 0.2) is 48.5 Å². The SMILES string of the molecule is Cc1cc(F)ccc1CC(C)(N)c1ccccc1. The molecule has 2 aromatic carbocycles. The molecule has 2 aromatic rings. The highest BCUT2D eigenvalue weighted by Gasteiger charge is 2.22. The first-order chi connectivity index (χ1) is 8.49. The molecule has 94 valence electrons. The molecule has 0 amide bonds. The Morgan fingerprint density at radius 2 is 1.78 bits per heavy atom. The van der Waals surface area contributed by atoms with Crippen molar-refractivity contribution in [2.75, 3.05) is 0 Å². The van der Waals surface area contributed by atoms with Crippen LogP contribution in [0.5, 0.6) is 0 Å². The van der Waals surface area contributed by atoms with Crippen molar-refractivity contribution in [1.82, 2.24) is 0 Å². The Kier molecular flexibility index (Phi) is 3.48. The second-order valence-electron chi connectivity index (χ2n) is 5.03. The zero-order chi connectivity index (χ0) is 13.2. The number of benzene rings is 2. The third kappa shape index (κ3) is 2.77. The van der Waals surface area contributed by atoms with Crippen LogP contribution in [-0.2, 0) is 12.0 Å². The second kappa shape index (κ2) is 4.91. The molecular weight excluding hydrogens is 225 g/mol. The first-order valence-electron chi connectivity index (χ1n) is 6.08. The first-order valence-corrected chi connectivity index (χ1v) is 6.08. The van der Waals surface area contributed by atoms with E-state index < -0.39 is 5.54 Å². The highest BCUT2D eigenvalue weighted by Crippen LogP contribution is 2.24.